The number of carbonyl (C=O) groups is 1. The molecule has 8 nitrogen and oxygen atoms in total. The summed E-state index contributed by atoms with van der Waals surface area (Å²) in [6, 6.07) is 20.5. The number of hydrogen-bond donors (Lipinski definition) is 2. The number of benzene rings is 3. The van der Waals surface area contributed by atoms with Crippen molar-refractivity contribution in [3.05, 3.63) is 78.6 Å². The third kappa shape index (κ3) is 4.98. The summed E-state index contributed by atoms with van der Waals surface area (Å²) in [7, 11) is -3.49. The van der Waals surface area contributed by atoms with Crippen LogP contribution in [0.2, 0.25) is 0 Å². The molecule has 0 bridgehead atoms. The highest BCUT2D eigenvalue weighted by Crippen LogP contribution is 2.27. The number of fused-ring (bicyclic) bond motifs is 1. The number of hydrogen-bond acceptors (Lipinski definition) is 6. The van der Waals surface area contributed by atoms with E-state index in [1.54, 1.807) is 4.57 Å². The van der Waals surface area contributed by atoms with Gasteiger partial charge >= 0.3 is 0 Å². The fourth-order valence-electron chi connectivity index (χ4n) is 3.39. The molecule has 0 spiro atoms. The molecule has 0 aliphatic carbocycles. The van der Waals surface area contributed by atoms with Gasteiger partial charge in [0.05, 0.1) is 27.4 Å². The summed E-state index contributed by atoms with van der Waals surface area (Å²) < 4.78 is 31.9. The van der Waals surface area contributed by atoms with Gasteiger partial charge in [-0.3, -0.25) is 4.79 Å². The minimum absolute atomic E-state index is 0.0287. The predicted octanol–water partition coefficient (Wildman–Crippen LogP) is 3.75. The van der Waals surface area contributed by atoms with Crippen molar-refractivity contribution in [2.75, 3.05) is 11.1 Å². The number of imidazole rings is 1. The minimum atomic E-state index is -3.49. The van der Waals surface area contributed by atoms with Crippen LogP contribution in [0.25, 0.3) is 11.0 Å². The smallest absolute Gasteiger partial charge is 0.244 e. The summed E-state index contributed by atoms with van der Waals surface area (Å²) >= 11 is 0. The topological polar surface area (TPSA) is 111 Å². The SMILES string of the molecule is CCS(=O)(=O)c1ccc(O)c(NC(=O)Cn2c(COc3ccccc3)nc3ccccc32)c1. The summed E-state index contributed by atoms with van der Waals surface area (Å²) in [5.41, 5.74) is 1.50. The van der Waals surface area contributed by atoms with Crippen LogP contribution in [0.5, 0.6) is 11.5 Å². The first-order valence-corrected chi connectivity index (χ1v) is 12.0. The Morgan fingerprint density at radius 1 is 1.06 bits per heavy atom. The molecule has 33 heavy (non-hydrogen) atoms. The van der Waals surface area contributed by atoms with Gasteiger partial charge in [-0.05, 0) is 42.5 Å². The fraction of sp³-hybridized carbons (Fsp3) is 0.167. The molecular weight excluding hydrogens is 442 g/mol. The normalized spacial score (nSPS) is 11.4. The summed E-state index contributed by atoms with van der Waals surface area (Å²) in [4.78, 5) is 17.5. The molecule has 4 rings (SSSR count). The third-order valence-electron chi connectivity index (χ3n) is 5.13. The number of sulfone groups is 1. The van der Waals surface area contributed by atoms with Gasteiger partial charge in [0, 0.05) is 0 Å². The number of para-hydroxylation sites is 3. The molecule has 0 aliphatic rings. The van der Waals surface area contributed by atoms with Gasteiger partial charge < -0.3 is 19.7 Å². The largest absolute Gasteiger partial charge is 0.506 e. The van der Waals surface area contributed by atoms with Gasteiger partial charge in [0.1, 0.15) is 30.5 Å². The van der Waals surface area contributed by atoms with Crippen molar-refractivity contribution in [3.63, 3.8) is 0 Å². The molecule has 2 N–H and O–H groups in total. The summed E-state index contributed by atoms with van der Waals surface area (Å²) in [6.07, 6.45) is 0. The third-order valence-corrected chi connectivity index (χ3v) is 6.86. The average molecular weight is 466 g/mol. The molecule has 9 heteroatoms. The number of anilines is 1. The number of amides is 1. The van der Waals surface area contributed by atoms with Crippen molar-refractivity contribution in [3.8, 4) is 11.5 Å². The van der Waals surface area contributed by atoms with Gasteiger partial charge in [-0.2, -0.15) is 0 Å². The van der Waals surface area contributed by atoms with Crippen LogP contribution in [-0.4, -0.2) is 34.7 Å². The average Bonchev–Trinajstić information content (AvgIpc) is 3.17. The van der Waals surface area contributed by atoms with Gasteiger partial charge in [-0.25, -0.2) is 13.4 Å². The molecular formula is C24H23N3O5S. The maximum Gasteiger partial charge on any atom is 0.244 e. The molecule has 1 aromatic heterocycles. The van der Waals surface area contributed by atoms with Crippen LogP contribution < -0.4 is 10.1 Å². The van der Waals surface area contributed by atoms with Crippen LogP contribution in [0.3, 0.4) is 0 Å². The van der Waals surface area contributed by atoms with Crippen LogP contribution in [0, 0.1) is 0 Å². The van der Waals surface area contributed by atoms with E-state index in [-0.39, 0.29) is 35.2 Å². The zero-order valence-corrected chi connectivity index (χ0v) is 18.7. The molecule has 0 radical (unpaired) electrons. The molecule has 170 valence electrons. The second-order valence-electron chi connectivity index (χ2n) is 7.34. The predicted molar refractivity (Wildman–Crippen MR) is 125 cm³/mol. The maximum absolute atomic E-state index is 12.9. The van der Waals surface area contributed by atoms with Crippen LogP contribution in [0.15, 0.2) is 77.7 Å². The second kappa shape index (κ2) is 9.33. The lowest BCUT2D eigenvalue weighted by Crippen LogP contribution is -2.21. The van der Waals surface area contributed by atoms with E-state index >= 15 is 0 Å². The van der Waals surface area contributed by atoms with Crippen LogP contribution in [0.1, 0.15) is 12.7 Å². The number of aromatic nitrogens is 2. The molecule has 0 unspecified atom stereocenters. The molecule has 1 amide bonds. The number of phenolic OH excluding ortho intramolecular Hbond substituents is 1. The van der Waals surface area contributed by atoms with Crippen LogP contribution >= 0.6 is 0 Å². The Labute approximate surface area is 191 Å². The highest BCUT2D eigenvalue weighted by atomic mass is 32.2. The van der Waals surface area contributed by atoms with E-state index in [0.29, 0.717) is 11.6 Å². The Balaban J connectivity index is 1.58. The van der Waals surface area contributed by atoms with Gasteiger partial charge in [0.25, 0.3) is 0 Å². The maximum atomic E-state index is 12.9. The highest BCUT2D eigenvalue weighted by Gasteiger charge is 2.18. The van der Waals surface area contributed by atoms with Gasteiger partial charge in [-0.15, -0.1) is 0 Å². The first-order chi connectivity index (χ1) is 15.9. The van der Waals surface area contributed by atoms with Crippen LogP contribution in [-0.2, 0) is 27.8 Å². The fourth-order valence-corrected chi connectivity index (χ4v) is 4.29. The van der Waals surface area contributed by atoms with Crippen LogP contribution in [0.4, 0.5) is 5.69 Å². The monoisotopic (exact) mass is 465 g/mol. The molecule has 0 aliphatic heterocycles. The van der Waals surface area contributed by atoms with Crippen molar-refractivity contribution < 1.29 is 23.1 Å². The number of rotatable bonds is 8. The lowest BCUT2D eigenvalue weighted by Gasteiger charge is -2.12. The molecule has 0 fully saturated rings. The standard InChI is InChI=1S/C24H23N3O5S/c1-2-33(30,31)18-12-13-22(28)20(14-18)26-24(29)15-27-21-11-7-6-10-19(21)25-23(27)16-32-17-8-4-3-5-9-17/h3-14,28H,2,15-16H2,1H3,(H,26,29). The Morgan fingerprint density at radius 2 is 1.79 bits per heavy atom. The van der Waals surface area contributed by atoms with Gasteiger partial charge in [-0.1, -0.05) is 37.3 Å². The summed E-state index contributed by atoms with van der Waals surface area (Å²) in [5.74, 6) is 0.486. The quantitative estimate of drug-likeness (QED) is 0.384. The molecule has 4 aromatic rings. The molecule has 0 saturated heterocycles. The summed E-state index contributed by atoms with van der Waals surface area (Å²) in [6.45, 7) is 1.59. The van der Waals surface area contributed by atoms with E-state index < -0.39 is 15.7 Å². The Kier molecular flexibility index (Phi) is 6.32. The second-order valence-corrected chi connectivity index (χ2v) is 9.61. The lowest BCUT2D eigenvalue weighted by atomic mass is 10.3. The van der Waals surface area contributed by atoms with Crippen molar-refractivity contribution in [1.82, 2.24) is 9.55 Å². The number of ether oxygens (including phenoxy) is 1. The Hall–Kier alpha value is -3.85. The molecule has 1 heterocycles. The Morgan fingerprint density at radius 3 is 2.55 bits per heavy atom. The van der Waals surface area contributed by atoms with Gasteiger partial charge in [0.15, 0.2) is 9.84 Å². The Bertz CT molecular complexity index is 1400. The van der Waals surface area contributed by atoms with E-state index in [1.807, 2.05) is 54.6 Å². The van der Waals surface area contributed by atoms with Crippen molar-refractivity contribution in [2.24, 2.45) is 0 Å². The number of aromatic hydroxyl groups is 1. The molecule has 0 atom stereocenters. The van der Waals surface area contributed by atoms with E-state index in [4.69, 9.17) is 4.74 Å². The molecule has 0 saturated carbocycles. The van der Waals surface area contributed by atoms with Gasteiger partial charge in [0.2, 0.25) is 5.91 Å². The van der Waals surface area contributed by atoms with Crippen molar-refractivity contribution in [1.29, 1.82) is 0 Å². The number of nitrogens with one attached hydrogen (secondary N) is 1. The first-order valence-electron chi connectivity index (χ1n) is 10.3. The zero-order valence-electron chi connectivity index (χ0n) is 17.9. The number of nitrogens with zero attached hydrogens (tertiary/aromatic N) is 2. The highest BCUT2D eigenvalue weighted by molar-refractivity contribution is 7.91. The van der Waals surface area contributed by atoms with E-state index in [1.165, 1.54) is 25.1 Å². The lowest BCUT2D eigenvalue weighted by molar-refractivity contribution is -0.116. The zero-order chi connectivity index (χ0) is 23.4. The van der Waals surface area contributed by atoms with Crippen molar-refractivity contribution >= 4 is 32.5 Å². The minimum Gasteiger partial charge on any atom is -0.506 e. The van der Waals surface area contributed by atoms with Crippen molar-refractivity contribution in [2.45, 2.75) is 25.0 Å². The van der Waals surface area contributed by atoms with E-state index in [9.17, 15) is 18.3 Å². The number of carbonyl (C=O) groups excluding carboxylic acids is 1. The first kappa shape index (κ1) is 22.3. The summed E-state index contributed by atoms with van der Waals surface area (Å²) in [5, 5.41) is 12.7. The molecule has 3 aromatic carbocycles. The van der Waals surface area contributed by atoms with E-state index in [0.717, 1.165) is 11.0 Å². The van der Waals surface area contributed by atoms with E-state index in [2.05, 4.69) is 10.3 Å². The number of phenols is 1.